The van der Waals surface area contributed by atoms with Gasteiger partial charge in [0.2, 0.25) is 0 Å². The highest BCUT2D eigenvalue weighted by molar-refractivity contribution is 7.90. The summed E-state index contributed by atoms with van der Waals surface area (Å²) >= 11 is 1.41. The van der Waals surface area contributed by atoms with Gasteiger partial charge in [-0.1, -0.05) is 6.07 Å². The summed E-state index contributed by atoms with van der Waals surface area (Å²) in [6.07, 6.45) is 7.27. The Hall–Kier alpha value is -3.70. The van der Waals surface area contributed by atoms with Crippen LogP contribution in [0.5, 0.6) is 0 Å². The molecule has 0 aliphatic heterocycles. The zero-order valence-corrected chi connectivity index (χ0v) is 19.4. The van der Waals surface area contributed by atoms with Crippen LogP contribution in [0.1, 0.15) is 6.92 Å². The molecule has 0 saturated heterocycles. The van der Waals surface area contributed by atoms with Crippen molar-refractivity contribution in [2.45, 2.75) is 11.8 Å². The predicted molar refractivity (Wildman–Crippen MR) is 128 cm³/mol. The number of thiazole rings is 1. The van der Waals surface area contributed by atoms with Crippen molar-refractivity contribution in [1.29, 1.82) is 0 Å². The molecule has 2 N–H and O–H groups in total. The molecule has 4 rings (SSSR count). The van der Waals surface area contributed by atoms with Crippen LogP contribution in [0.25, 0.3) is 33.1 Å². The van der Waals surface area contributed by atoms with Crippen LogP contribution >= 0.6 is 11.3 Å². The van der Waals surface area contributed by atoms with Crippen molar-refractivity contribution >= 4 is 33.0 Å². The normalized spacial score (nSPS) is 11.2. The zero-order valence-electron chi connectivity index (χ0n) is 17.8. The van der Waals surface area contributed by atoms with E-state index in [-0.39, 0.29) is 10.9 Å². The molecule has 11 heteroatoms. The molecule has 4 aromatic rings. The Kier molecular flexibility index (Phi) is 6.43. The smallest absolute Gasteiger partial charge is 0.320 e. The number of nitrogens with zero attached hydrogens (tertiary/aromatic N) is 4. The van der Waals surface area contributed by atoms with Crippen molar-refractivity contribution < 1.29 is 13.2 Å². The standard InChI is InChI=1S/C22H20N6O3S2/c1-3-24-22(29)28-20-9-16(21-27-19(13-32-21)18-6-4-5-7-25-18)17(12-26-20)14-8-15(11-23-10-14)33(2,30)31/h4-13H,3H2,1-2H3,(H2,24,26,28,29). The number of hydrogen-bond donors (Lipinski definition) is 2. The van der Waals surface area contributed by atoms with Crippen molar-refractivity contribution in [3.8, 4) is 33.1 Å². The van der Waals surface area contributed by atoms with Crippen LogP contribution in [0.3, 0.4) is 0 Å². The molecule has 0 bridgehead atoms. The van der Waals surface area contributed by atoms with E-state index >= 15 is 0 Å². The van der Waals surface area contributed by atoms with E-state index in [1.165, 1.54) is 17.5 Å². The van der Waals surface area contributed by atoms with E-state index in [0.29, 0.717) is 39.8 Å². The lowest BCUT2D eigenvalue weighted by molar-refractivity contribution is 0.252. The summed E-state index contributed by atoms with van der Waals surface area (Å²) in [5, 5.41) is 7.92. The molecule has 0 saturated carbocycles. The molecule has 0 aliphatic carbocycles. The number of urea groups is 1. The van der Waals surface area contributed by atoms with Gasteiger partial charge in [-0.05, 0) is 31.2 Å². The van der Waals surface area contributed by atoms with E-state index < -0.39 is 9.84 Å². The summed E-state index contributed by atoms with van der Waals surface area (Å²) < 4.78 is 24.1. The second-order valence-corrected chi connectivity index (χ2v) is 9.91. The second kappa shape index (κ2) is 9.43. The average molecular weight is 481 g/mol. The molecule has 4 aromatic heterocycles. The number of carbonyl (C=O) groups is 1. The molecule has 9 nitrogen and oxygen atoms in total. The minimum atomic E-state index is -3.44. The van der Waals surface area contributed by atoms with Crippen LogP contribution in [0, 0.1) is 0 Å². The van der Waals surface area contributed by atoms with Crippen molar-refractivity contribution in [1.82, 2.24) is 25.3 Å². The fraction of sp³-hybridized carbons (Fsp3) is 0.136. The van der Waals surface area contributed by atoms with Crippen molar-refractivity contribution in [2.24, 2.45) is 0 Å². The number of hydrogen-bond acceptors (Lipinski definition) is 8. The van der Waals surface area contributed by atoms with Crippen LogP contribution in [0.4, 0.5) is 10.6 Å². The maximum Gasteiger partial charge on any atom is 0.320 e. The van der Waals surface area contributed by atoms with Gasteiger partial charge in [0.1, 0.15) is 16.5 Å². The van der Waals surface area contributed by atoms with Crippen molar-refractivity contribution in [2.75, 3.05) is 18.1 Å². The molecule has 0 spiro atoms. The molecule has 168 valence electrons. The van der Waals surface area contributed by atoms with E-state index in [9.17, 15) is 13.2 Å². The fourth-order valence-electron chi connectivity index (χ4n) is 3.05. The van der Waals surface area contributed by atoms with E-state index in [1.807, 2.05) is 30.5 Å². The van der Waals surface area contributed by atoms with E-state index in [4.69, 9.17) is 4.98 Å². The van der Waals surface area contributed by atoms with Gasteiger partial charge in [-0.3, -0.25) is 15.3 Å². The number of pyridine rings is 3. The van der Waals surface area contributed by atoms with Gasteiger partial charge in [0, 0.05) is 59.7 Å². The first-order valence-corrected chi connectivity index (χ1v) is 12.7. The first kappa shape index (κ1) is 22.5. The Morgan fingerprint density at radius 2 is 1.91 bits per heavy atom. The van der Waals surface area contributed by atoms with Crippen LogP contribution in [0.15, 0.2) is 65.4 Å². The summed E-state index contributed by atoms with van der Waals surface area (Å²) in [6, 6.07) is 8.46. The van der Waals surface area contributed by atoms with Crippen LogP contribution in [0.2, 0.25) is 0 Å². The first-order chi connectivity index (χ1) is 15.8. The molecule has 0 fully saturated rings. The van der Waals surface area contributed by atoms with Crippen LogP contribution in [-0.4, -0.2) is 47.2 Å². The Bertz CT molecular complexity index is 1400. The number of rotatable bonds is 6. The van der Waals surface area contributed by atoms with Gasteiger partial charge < -0.3 is 5.32 Å². The minimum Gasteiger partial charge on any atom is -0.338 e. The molecule has 4 heterocycles. The Morgan fingerprint density at radius 1 is 1.06 bits per heavy atom. The van der Waals surface area contributed by atoms with Gasteiger partial charge in [0.25, 0.3) is 0 Å². The van der Waals surface area contributed by atoms with E-state index in [1.54, 1.807) is 30.7 Å². The highest BCUT2D eigenvalue weighted by Crippen LogP contribution is 2.36. The lowest BCUT2D eigenvalue weighted by atomic mass is 10.0. The average Bonchev–Trinajstić information content (AvgIpc) is 3.30. The zero-order chi connectivity index (χ0) is 23.4. The maximum absolute atomic E-state index is 12.0. The van der Waals surface area contributed by atoms with Gasteiger partial charge in [0.05, 0.1) is 10.6 Å². The fourth-order valence-corrected chi connectivity index (χ4v) is 4.49. The molecule has 33 heavy (non-hydrogen) atoms. The molecule has 0 aliphatic rings. The monoisotopic (exact) mass is 480 g/mol. The summed E-state index contributed by atoms with van der Waals surface area (Å²) in [4.78, 5) is 29.6. The Balaban J connectivity index is 1.82. The topological polar surface area (TPSA) is 127 Å². The number of amides is 2. The first-order valence-electron chi connectivity index (χ1n) is 9.93. The summed E-state index contributed by atoms with van der Waals surface area (Å²) in [7, 11) is -3.44. The SMILES string of the molecule is CCNC(=O)Nc1cc(-c2nc(-c3ccccn3)cs2)c(-c2cncc(S(C)(=O)=O)c2)cn1. The molecular weight excluding hydrogens is 460 g/mol. The molecule has 0 radical (unpaired) electrons. The lowest BCUT2D eigenvalue weighted by Crippen LogP contribution is -2.28. The third-order valence-electron chi connectivity index (χ3n) is 4.60. The molecule has 0 atom stereocenters. The Morgan fingerprint density at radius 3 is 2.64 bits per heavy atom. The molecule has 0 aromatic carbocycles. The number of aromatic nitrogens is 4. The quantitative estimate of drug-likeness (QED) is 0.429. The molecule has 2 amide bonds. The largest absolute Gasteiger partial charge is 0.338 e. The number of nitrogens with one attached hydrogen (secondary N) is 2. The van der Waals surface area contributed by atoms with Crippen LogP contribution in [-0.2, 0) is 9.84 Å². The van der Waals surface area contributed by atoms with Gasteiger partial charge >= 0.3 is 6.03 Å². The van der Waals surface area contributed by atoms with E-state index in [2.05, 4.69) is 25.6 Å². The maximum atomic E-state index is 12.0. The van der Waals surface area contributed by atoms with Crippen molar-refractivity contribution in [3.63, 3.8) is 0 Å². The number of anilines is 1. The molecular formula is C22H20N6O3S2. The number of sulfone groups is 1. The molecule has 0 unspecified atom stereocenters. The number of carbonyl (C=O) groups excluding carboxylic acids is 1. The highest BCUT2D eigenvalue weighted by atomic mass is 32.2. The highest BCUT2D eigenvalue weighted by Gasteiger charge is 2.17. The lowest BCUT2D eigenvalue weighted by Gasteiger charge is -2.11. The van der Waals surface area contributed by atoms with Crippen molar-refractivity contribution in [3.05, 3.63) is 60.5 Å². The summed E-state index contributed by atoms with van der Waals surface area (Å²) in [6.45, 7) is 2.29. The van der Waals surface area contributed by atoms with Gasteiger partial charge in [-0.25, -0.2) is 23.2 Å². The third-order valence-corrected chi connectivity index (χ3v) is 6.55. The summed E-state index contributed by atoms with van der Waals surface area (Å²) in [5.41, 5.74) is 3.32. The van der Waals surface area contributed by atoms with E-state index in [0.717, 1.165) is 11.9 Å². The minimum absolute atomic E-state index is 0.101. The van der Waals surface area contributed by atoms with Gasteiger partial charge in [0.15, 0.2) is 9.84 Å². The third kappa shape index (κ3) is 5.21. The van der Waals surface area contributed by atoms with Gasteiger partial charge in [-0.2, -0.15) is 0 Å². The Labute approximate surface area is 194 Å². The van der Waals surface area contributed by atoms with Crippen LogP contribution < -0.4 is 10.6 Å². The second-order valence-electron chi connectivity index (χ2n) is 7.03. The summed E-state index contributed by atoms with van der Waals surface area (Å²) in [5.74, 6) is 0.335. The van der Waals surface area contributed by atoms with Gasteiger partial charge in [-0.15, -0.1) is 11.3 Å². The predicted octanol–water partition coefficient (Wildman–Crippen LogP) is 3.87.